The Labute approximate surface area is 192 Å². The third-order valence-electron chi connectivity index (χ3n) is 5.82. The van der Waals surface area contributed by atoms with Gasteiger partial charge in [-0.25, -0.2) is 14.6 Å². The maximum absolute atomic E-state index is 12.6. The molecule has 1 N–H and O–H groups in total. The van der Waals surface area contributed by atoms with Gasteiger partial charge in [-0.1, -0.05) is 48.5 Å². The number of carbonyl (C=O) groups is 2. The summed E-state index contributed by atoms with van der Waals surface area (Å²) < 4.78 is 5.49. The first-order valence-corrected chi connectivity index (χ1v) is 10.9. The van der Waals surface area contributed by atoms with Crippen molar-refractivity contribution in [2.24, 2.45) is 4.99 Å². The summed E-state index contributed by atoms with van der Waals surface area (Å²) in [5.41, 5.74) is 2.95. The maximum Gasteiger partial charge on any atom is 0.365 e. The summed E-state index contributed by atoms with van der Waals surface area (Å²) in [5, 5.41) is 4.99. The summed E-state index contributed by atoms with van der Waals surface area (Å²) in [5.74, 6) is -0.142. The Morgan fingerprint density at radius 3 is 2.58 bits per heavy atom. The highest BCUT2D eigenvalue weighted by Gasteiger charge is 2.27. The SMILES string of the molecule is Cc1cccc(NC(=O)N2CCN(/C=C3/N=C(c4cccc5ccccc45)OC3=O)CC2)c1. The number of aryl methyl sites for hydroxylation is 1. The van der Waals surface area contributed by atoms with Crippen molar-refractivity contribution in [2.45, 2.75) is 6.92 Å². The molecule has 0 bridgehead atoms. The van der Waals surface area contributed by atoms with E-state index in [0.717, 1.165) is 27.6 Å². The predicted molar refractivity (Wildman–Crippen MR) is 128 cm³/mol. The molecule has 2 amide bonds. The second kappa shape index (κ2) is 8.78. The number of nitrogens with zero attached hydrogens (tertiary/aromatic N) is 3. The van der Waals surface area contributed by atoms with Crippen LogP contribution in [-0.4, -0.2) is 53.9 Å². The molecule has 7 heteroatoms. The smallest absolute Gasteiger partial charge is 0.365 e. The molecule has 33 heavy (non-hydrogen) atoms. The van der Waals surface area contributed by atoms with Crippen LogP contribution in [0.3, 0.4) is 0 Å². The molecule has 2 aliphatic heterocycles. The fraction of sp³-hybridized carbons (Fsp3) is 0.192. The van der Waals surface area contributed by atoms with Gasteiger partial charge in [0.25, 0.3) is 0 Å². The first-order chi connectivity index (χ1) is 16.1. The summed E-state index contributed by atoms with van der Waals surface area (Å²) in [7, 11) is 0. The van der Waals surface area contributed by atoms with Crippen LogP contribution in [0, 0.1) is 6.92 Å². The van der Waals surface area contributed by atoms with E-state index in [2.05, 4.69) is 10.3 Å². The normalized spacial score (nSPS) is 17.3. The molecule has 2 heterocycles. The number of rotatable bonds is 3. The lowest BCUT2D eigenvalue weighted by molar-refractivity contribution is -0.130. The van der Waals surface area contributed by atoms with Gasteiger partial charge >= 0.3 is 12.0 Å². The lowest BCUT2D eigenvalue weighted by Gasteiger charge is -2.34. The Hall–Kier alpha value is -4.13. The number of fused-ring (bicyclic) bond motifs is 1. The number of benzene rings is 3. The Kier molecular flexibility index (Phi) is 5.52. The van der Waals surface area contributed by atoms with Crippen molar-refractivity contribution in [3.8, 4) is 0 Å². The number of piperazine rings is 1. The molecule has 7 nitrogen and oxygen atoms in total. The van der Waals surface area contributed by atoms with Gasteiger partial charge in [0.15, 0.2) is 5.70 Å². The number of carbonyl (C=O) groups excluding carboxylic acids is 2. The van der Waals surface area contributed by atoms with Crippen LogP contribution in [0.5, 0.6) is 0 Å². The monoisotopic (exact) mass is 440 g/mol. The highest BCUT2D eigenvalue weighted by atomic mass is 16.6. The molecule has 5 rings (SSSR count). The van der Waals surface area contributed by atoms with Gasteiger partial charge in [0.05, 0.1) is 0 Å². The highest BCUT2D eigenvalue weighted by Crippen LogP contribution is 2.24. The molecule has 1 saturated heterocycles. The minimum Gasteiger partial charge on any atom is -0.402 e. The summed E-state index contributed by atoms with van der Waals surface area (Å²) in [6.07, 6.45) is 1.73. The van der Waals surface area contributed by atoms with E-state index in [0.29, 0.717) is 32.1 Å². The van der Waals surface area contributed by atoms with Crippen molar-refractivity contribution in [1.82, 2.24) is 9.80 Å². The van der Waals surface area contributed by atoms with E-state index in [-0.39, 0.29) is 11.7 Å². The van der Waals surface area contributed by atoms with Gasteiger partial charge in [-0.3, -0.25) is 0 Å². The van der Waals surface area contributed by atoms with Crippen LogP contribution in [0.1, 0.15) is 11.1 Å². The van der Waals surface area contributed by atoms with Crippen molar-refractivity contribution in [3.63, 3.8) is 0 Å². The van der Waals surface area contributed by atoms with Crippen molar-refractivity contribution < 1.29 is 14.3 Å². The molecule has 3 aromatic carbocycles. The fourth-order valence-corrected chi connectivity index (χ4v) is 4.08. The molecule has 0 aromatic heterocycles. The third kappa shape index (κ3) is 4.43. The quantitative estimate of drug-likeness (QED) is 0.491. The minimum atomic E-state index is -0.461. The zero-order valence-electron chi connectivity index (χ0n) is 18.3. The van der Waals surface area contributed by atoms with Gasteiger partial charge in [-0.2, -0.15) is 0 Å². The van der Waals surface area contributed by atoms with Crippen molar-refractivity contribution in [1.29, 1.82) is 0 Å². The topological polar surface area (TPSA) is 74.2 Å². The van der Waals surface area contributed by atoms with Gasteiger partial charge in [0.2, 0.25) is 5.90 Å². The van der Waals surface area contributed by atoms with Crippen LogP contribution in [0.4, 0.5) is 10.5 Å². The molecule has 3 aromatic rings. The molecule has 0 unspecified atom stereocenters. The average molecular weight is 441 g/mol. The number of hydrogen-bond donors (Lipinski definition) is 1. The van der Waals surface area contributed by atoms with E-state index in [4.69, 9.17) is 4.74 Å². The number of aliphatic imine (C=N–C) groups is 1. The molecule has 166 valence electrons. The van der Waals surface area contributed by atoms with E-state index < -0.39 is 5.97 Å². The number of hydrogen-bond acceptors (Lipinski definition) is 5. The van der Waals surface area contributed by atoms with E-state index in [9.17, 15) is 9.59 Å². The largest absolute Gasteiger partial charge is 0.402 e. The Bertz CT molecular complexity index is 1280. The predicted octanol–water partition coefficient (Wildman–Crippen LogP) is 4.14. The second-order valence-corrected chi connectivity index (χ2v) is 8.17. The number of anilines is 1. The van der Waals surface area contributed by atoms with Crippen molar-refractivity contribution in [2.75, 3.05) is 31.5 Å². The Morgan fingerprint density at radius 1 is 1.00 bits per heavy atom. The molecule has 1 fully saturated rings. The molecule has 0 atom stereocenters. The lowest BCUT2D eigenvalue weighted by Crippen LogP contribution is -2.48. The van der Waals surface area contributed by atoms with Gasteiger partial charge in [0, 0.05) is 43.6 Å². The number of amides is 2. The highest BCUT2D eigenvalue weighted by molar-refractivity contribution is 6.16. The third-order valence-corrected chi connectivity index (χ3v) is 5.82. The molecular formula is C26H24N4O3. The fourth-order valence-electron chi connectivity index (χ4n) is 4.08. The molecule has 0 saturated carbocycles. The number of cyclic esters (lactones) is 1. The van der Waals surface area contributed by atoms with Crippen LogP contribution in [0.25, 0.3) is 10.8 Å². The molecular weight excluding hydrogens is 416 g/mol. The van der Waals surface area contributed by atoms with Crippen molar-refractivity contribution in [3.05, 3.63) is 89.8 Å². The minimum absolute atomic E-state index is 0.121. The van der Waals surface area contributed by atoms with Gasteiger partial charge < -0.3 is 19.9 Å². The first kappa shape index (κ1) is 20.8. The van der Waals surface area contributed by atoms with Crippen LogP contribution in [0.15, 0.2) is 83.6 Å². The second-order valence-electron chi connectivity index (χ2n) is 8.17. The van der Waals surface area contributed by atoms with Gasteiger partial charge in [0.1, 0.15) is 0 Å². The average Bonchev–Trinajstić information content (AvgIpc) is 3.19. The first-order valence-electron chi connectivity index (χ1n) is 10.9. The Morgan fingerprint density at radius 2 is 1.76 bits per heavy atom. The van der Waals surface area contributed by atoms with E-state index in [1.807, 2.05) is 78.6 Å². The van der Waals surface area contributed by atoms with Crippen LogP contribution in [0.2, 0.25) is 0 Å². The molecule has 0 radical (unpaired) electrons. The number of nitrogens with one attached hydrogen (secondary N) is 1. The summed E-state index contributed by atoms with van der Waals surface area (Å²) in [6.45, 7) is 4.31. The van der Waals surface area contributed by atoms with Crippen LogP contribution < -0.4 is 5.32 Å². The zero-order valence-corrected chi connectivity index (χ0v) is 18.3. The van der Waals surface area contributed by atoms with E-state index >= 15 is 0 Å². The standard InChI is InChI=1S/C26H24N4O3/c1-18-6-4-9-20(16-18)27-26(32)30-14-12-29(13-15-30)17-23-25(31)33-24(28-23)22-11-5-8-19-7-2-3-10-21(19)22/h2-11,16-17H,12-15H2,1H3,(H,27,32)/b23-17+. The van der Waals surface area contributed by atoms with E-state index in [1.54, 1.807) is 11.1 Å². The number of ether oxygens (including phenoxy) is 1. The Balaban J connectivity index is 1.25. The number of esters is 1. The number of urea groups is 1. The molecule has 0 spiro atoms. The van der Waals surface area contributed by atoms with Gasteiger partial charge in [-0.05, 0) is 41.5 Å². The van der Waals surface area contributed by atoms with Crippen LogP contribution in [-0.2, 0) is 9.53 Å². The molecule has 0 aliphatic carbocycles. The summed E-state index contributed by atoms with van der Waals surface area (Å²) in [6, 6.07) is 21.4. The molecule has 2 aliphatic rings. The van der Waals surface area contributed by atoms with E-state index in [1.165, 1.54) is 0 Å². The zero-order chi connectivity index (χ0) is 22.8. The summed E-state index contributed by atoms with van der Waals surface area (Å²) in [4.78, 5) is 33.3. The lowest BCUT2D eigenvalue weighted by atomic mass is 10.0. The van der Waals surface area contributed by atoms with Crippen LogP contribution >= 0.6 is 0 Å². The summed E-state index contributed by atoms with van der Waals surface area (Å²) >= 11 is 0. The van der Waals surface area contributed by atoms with Crippen molar-refractivity contribution >= 4 is 34.4 Å². The van der Waals surface area contributed by atoms with Gasteiger partial charge in [-0.15, -0.1) is 0 Å². The maximum atomic E-state index is 12.6.